The quantitative estimate of drug-likeness (QED) is 0.913. The summed E-state index contributed by atoms with van der Waals surface area (Å²) in [4.78, 5) is 10.9. The van der Waals surface area contributed by atoms with Crippen LogP contribution in [-0.2, 0) is 0 Å². The third-order valence-corrected chi connectivity index (χ3v) is 2.79. The molecule has 17 heavy (non-hydrogen) atoms. The lowest BCUT2D eigenvalue weighted by Crippen LogP contribution is -2.01. The maximum Gasteiger partial charge on any atom is 0.353 e. The average Bonchev–Trinajstić information content (AvgIpc) is 2.71. The van der Waals surface area contributed by atoms with Gasteiger partial charge in [0.1, 0.15) is 11.4 Å². The summed E-state index contributed by atoms with van der Waals surface area (Å²) >= 11 is 5.96. The van der Waals surface area contributed by atoms with Gasteiger partial charge in [0.15, 0.2) is 0 Å². The number of carboxylic acid groups (broad SMARTS) is 1. The summed E-state index contributed by atoms with van der Waals surface area (Å²) in [5, 5.41) is 8.92. The smallest absolute Gasteiger partial charge is 0.353 e. The van der Waals surface area contributed by atoms with Gasteiger partial charge in [-0.2, -0.15) is 0 Å². The number of hydrogen-bond donors (Lipinski definition) is 1. The summed E-state index contributed by atoms with van der Waals surface area (Å²) in [7, 11) is 1.55. The number of nitrogens with zero attached hydrogens (tertiary/aromatic N) is 1. The van der Waals surface area contributed by atoms with E-state index in [1.54, 1.807) is 19.2 Å². The van der Waals surface area contributed by atoms with Gasteiger partial charge in [-0.3, -0.25) is 0 Å². The highest BCUT2D eigenvalue weighted by molar-refractivity contribution is 6.19. The number of rotatable bonds is 3. The van der Waals surface area contributed by atoms with Crippen molar-refractivity contribution < 1.29 is 14.6 Å². The molecule has 5 heteroatoms. The van der Waals surface area contributed by atoms with Gasteiger partial charge in [-0.1, -0.05) is 12.1 Å². The number of methoxy groups -OCH3 is 1. The minimum Gasteiger partial charge on any atom is -0.496 e. The fourth-order valence-electron chi connectivity index (χ4n) is 1.63. The Morgan fingerprint density at radius 1 is 1.29 bits per heavy atom. The minimum atomic E-state index is -1.07. The first-order chi connectivity index (χ1) is 8.15. The number of aromatic carboxylic acids is 1. The van der Waals surface area contributed by atoms with Gasteiger partial charge in [-0.05, 0) is 24.3 Å². The van der Waals surface area contributed by atoms with Crippen LogP contribution in [0.25, 0.3) is 11.3 Å². The number of halogens is 1. The Hall–Kier alpha value is -1.94. The lowest BCUT2D eigenvalue weighted by Gasteiger charge is -2.08. The molecule has 1 heterocycles. The van der Waals surface area contributed by atoms with E-state index in [1.807, 2.05) is 18.2 Å². The largest absolute Gasteiger partial charge is 0.496 e. The predicted octanol–water partition coefficient (Wildman–Crippen LogP) is 2.86. The first-order valence-corrected chi connectivity index (χ1v) is 5.23. The molecule has 0 aliphatic carbocycles. The second-order valence-corrected chi connectivity index (χ2v) is 3.73. The molecule has 1 aromatic carbocycles. The van der Waals surface area contributed by atoms with Crippen molar-refractivity contribution in [3.8, 4) is 17.0 Å². The highest BCUT2D eigenvalue weighted by atomic mass is 35.5. The normalized spacial score (nSPS) is 10.2. The van der Waals surface area contributed by atoms with E-state index in [0.29, 0.717) is 11.4 Å². The van der Waals surface area contributed by atoms with Crippen molar-refractivity contribution in [2.24, 2.45) is 0 Å². The molecule has 2 rings (SSSR count). The SMILES string of the molecule is COc1ccccc1-c1ccc(C(=O)O)n1Cl. The summed E-state index contributed by atoms with van der Waals surface area (Å²) in [6, 6.07) is 10.4. The summed E-state index contributed by atoms with van der Waals surface area (Å²) < 4.78 is 6.32. The van der Waals surface area contributed by atoms with E-state index in [2.05, 4.69) is 0 Å². The van der Waals surface area contributed by atoms with Crippen molar-refractivity contribution in [1.29, 1.82) is 0 Å². The number of para-hydroxylation sites is 1. The molecule has 0 spiro atoms. The molecule has 0 amide bonds. The fourth-order valence-corrected chi connectivity index (χ4v) is 1.90. The first-order valence-electron chi connectivity index (χ1n) is 4.89. The van der Waals surface area contributed by atoms with Gasteiger partial charge in [-0.15, -0.1) is 0 Å². The number of aromatic nitrogens is 1. The fraction of sp³-hybridized carbons (Fsp3) is 0.0833. The number of hydrogen-bond acceptors (Lipinski definition) is 2. The van der Waals surface area contributed by atoms with Crippen LogP contribution < -0.4 is 4.74 Å². The van der Waals surface area contributed by atoms with Crippen molar-refractivity contribution in [3.05, 3.63) is 42.1 Å². The summed E-state index contributed by atoms with van der Waals surface area (Å²) in [6.45, 7) is 0. The number of carbonyl (C=O) groups is 1. The molecule has 0 atom stereocenters. The molecule has 88 valence electrons. The number of carboxylic acids is 1. The summed E-state index contributed by atoms with van der Waals surface area (Å²) in [6.07, 6.45) is 0. The van der Waals surface area contributed by atoms with E-state index in [0.717, 1.165) is 9.65 Å². The predicted molar refractivity (Wildman–Crippen MR) is 64.6 cm³/mol. The standard InChI is InChI=1S/C12H10ClNO3/c1-17-11-5-3-2-4-8(11)9-6-7-10(12(15)16)14(9)13/h2-7H,1H3,(H,15,16). The van der Waals surface area contributed by atoms with Crippen LogP contribution in [0.1, 0.15) is 10.5 Å². The molecule has 0 radical (unpaired) electrons. The average molecular weight is 252 g/mol. The molecule has 0 unspecified atom stereocenters. The molecule has 0 bridgehead atoms. The number of ether oxygens (including phenoxy) is 1. The molecule has 0 saturated carbocycles. The van der Waals surface area contributed by atoms with Crippen LogP contribution >= 0.6 is 11.8 Å². The van der Waals surface area contributed by atoms with Crippen LogP contribution in [0.15, 0.2) is 36.4 Å². The molecule has 0 fully saturated rings. The van der Waals surface area contributed by atoms with E-state index in [1.165, 1.54) is 6.07 Å². The Bertz CT molecular complexity index is 563. The van der Waals surface area contributed by atoms with Crippen molar-refractivity contribution >= 4 is 17.7 Å². The van der Waals surface area contributed by atoms with Crippen LogP contribution in [0.3, 0.4) is 0 Å². The molecule has 0 aliphatic heterocycles. The zero-order valence-corrected chi connectivity index (χ0v) is 9.81. The van der Waals surface area contributed by atoms with Gasteiger partial charge in [0.25, 0.3) is 0 Å². The summed E-state index contributed by atoms with van der Waals surface area (Å²) in [5.74, 6) is -0.425. The highest BCUT2D eigenvalue weighted by Gasteiger charge is 2.16. The topological polar surface area (TPSA) is 51.5 Å². The van der Waals surface area contributed by atoms with Gasteiger partial charge in [0, 0.05) is 17.3 Å². The van der Waals surface area contributed by atoms with E-state index in [9.17, 15) is 4.79 Å². The Labute approximate surface area is 103 Å². The van der Waals surface area contributed by atoms with Gasteiger partial charge >= 0.3 is 5.97 Å². The van der Waals surface area contributed by atoms with Crippen molar-refractivity contribution in [3.63, 3.8) is 0 Å². The third kappa shape index (κ3) is 1.99. The monoisotopic (exact) mass is 251 g/mol. The second kappa shape index (κ2) is 4.51. The molecular formula is C12H10ClNO3. The van der Waals surface area contributed by atoms with Crippen molar-refractivity contribution in [1.82, 2.24) is 4.09 Å². The molecule has 0 aliphatic rings. The van der Waals surface area contributed by atoms with Crippen LogP contribution in [0, 0.1) is 0 Å². The molecule has 0 saturated heterocycles. The maximum atomic E-state index is 10.9. The van der Waals surface area contributed by atoms with E-state index < -0.39 is 5.97 Å². The Morgan fingerprint density at radius 2 is 2.00 bits per heavy atom. The highest BCUT2D eigenvalue weighted by Crippen LogP contribution is 2.31. The lowest BCUT2D eigenvalue weighted by atomic mass is 10.1. The van der Waals surface area contributed by atoms with E-state index in [4.69, 9.17) is 21.6 Å². The van der Waals surface area contributed by atoms with Crippen LogP contribution in [0.4, 0.5) is 0 Å². The van der Waals surface area contributed by atoms with Crippen molar-refractivity contribution in [2.45, 2.75) is 0 Å². The molecule has 4 nitrogen and oxygen atoms in total. The molecular weight excluding hydrogens is 242 g/mol. The molecule has 1 aromatic heterocycles. The Morgan fingerprint density at radius 3 is 2.59 bits per heavy atom. The zero-order valence-electron chi connectivity index (χ0n) is 9.05. The zero-order chi connectivity index (χ0) is 12.4. The van der Waals surface area contributed by atoms with Crippen LogP contribution in [0.2, 0.25) is 0 Å². The first kappa shape index (κ1) is 11.5. The number of benzene rings is 1. The van der Waals surface area contributed by atoms with Gasteiger partial charge < -0.3 is 9.84 Å². The molecule has 1 N–H and O–H groups in total. The summed E-state index contributed by atoms with van der Waals surface area (Å²) in [5.41, 5.74) is 1.35. The van der Waals surface area contributed by atoms with Gasteiger partial charge in [0.05, 0.1) is 12.8 Å². The van der Waals surface area contributed by atoms with E-state index >= 15 is 0 Å². The Kier molecular flexibility index (Phi) is 3.06. The maximum absolute atomic E-state index is 10.9. The van der Waals surface area contributed by atoms with Gasteiger partial charge in [0.2, 0.25) is 0 Å². The van der Waals surface area contributed by atoms with E-state index in [-0.39, 0.29) is 5.69 Å². The lowest BCUT2D eigenvalue weighted by molar-refractivity contribution is 0.0690. The Balaban J connectivity index is 2.57. The third-order valence-electron chi connectivity index (χ3n) is 2.42. The molecule has 2 aromatic rings. The minimum absolute atomic E-state index is 0.0209. The van der Waals surface area contributed by atoms with Gasteiger partial charge in [-0.25, -0.2) is 8.88 Å². The van der Waals surface area contributed by atoms with Crippen LogP contribution in [0.5, 0.6) is 5.75 Å². The van der Waals surface area contributed by atoms with Crippen LogP contribution in [-0.4, -0.2) is 22.3 Å². The second-order valence-electron chi connectivity index (χ2n) is 3.39. The van der Waals surface area contributed by atoms with Crippen molar-refractivity contribution in [2.75, 3.05) is 7.11 Å².